The van der Waals surface area contributed by atoms with Crippen molar-refractivity contribution in [1.82, 2.24) is 0 Å². The quantitative estimate of drug-likeness (QED) is 0.527. The van der Waals surface area contributed by atoms with Gasteiger partial charge in [0.25, 0.3) is 0 Å². The number of aliphatic hydroxyl groups excluding tert-OH is 1. The number of nitrogens with two attached hydrogens (primary N) is 1. The lowest BCUT2D eigenvalue weighted by Gasteiger charge is -2.31. The third-order valence-corrected chi connectivity index (χ3v) is 5.41. The predicted octanol–water partition coefficient (Wildman–Crippen LogP) is 3.76. The minimum Gasteiger partial charge on any atom is -0.466 e. The van der Waals surface area contributed by atoms with Crippen LogP contribution >= 0.6 is 0 Å². The number of unbranched alkanes of at least 4 members (excludes halogenated alkanes) is 2. The zero-order chi connectivity index (χ0) is 18.1. The summed E-state index contributed by atoms with van der Waals surface area (Å²) in [7, 11) is 0. The number of benzene rings is 1. The van der Waals surface area contributed by atoms with Crippen molar-refractivity contribution in [2.45, 2.75) is 64.4 Å². The fraction of sp³-hybridized carbons (Fsp3) is 0.667. The van der Waals surface area contributed by atoms with Gasteiger partial charge in [0.15, 0.2) is 0 Å². The van der Waals surface area contributed by atoms with E-state index in [0.29, 0.717) is 18.4 Å². The molecule has 1 fully saturated rings. The molecule has 0 aromatic heterocycles. The highest BCUT2D eigenvalue weighted by Gasteiger charge is 2.26. The first-order valence-corrected chi connectivity index (χ1v) is 9.70. The Labute approximate surface area is 151 Å². The molecule has 1 aromatic rings. The Bertz CT molecular complexity index is 506. The standard InChI is InChI=1S/C21H33NO3/c1-16(23)25-14-4-2-3-5-17-6-10-19(11-7-17)21(24)20-12-8-18(15-22)9-13-20/h6-7,10-11,18,20-21,24H,2-5,8-9,12-15,22H2,1H3. The van der Waals surface area contributed by atoms with Crippen LogP contribution in [-0.4, -0.2) is 24.2 Å². The second-order valence-electron chi connectivity index (χ2n) is 7.35. The molecule has 1 unspecified atom stereocenters. The van der Waals surface area contributed by atoms with E-state index in [2.05, 4.69) is 24.3 Å². The van der Waals surface area contributed by atoms with Crippen LogP contribution in [0.4, 0.5) is 0 Å². The molecular weight excluding hydrogens is 314 g/mol. The molecule has 4 heteroatoms. The van der Waals surface area contributed by atoms with Gasteiger partial charge in [-0.05, 0) is 80.9 Å². The van der Waals surface area contributed by atoms with Crippen LogP contribution in [0.15, 0.2) is 24.3 Å². The molecule has 1 atom stereocenters. The van der Waals surface area contributed by atoms with Crippen LogP contribution in [0.1, 0.15) is 69.1 Å². The zero-order valence-corrected chi connectivity index (χ0v) is 15.5. The molecule has 140 valence electrons. The molecule has 0 aliphatic heterocycles. The topological polar surface area (TPSA) is 72.5 Å². The van der Waals surface area contributed by atoms with E-state index in [0.717, 1.165) is 63.5 Å². The highest BCUT2D eigenvalue weighted by Crippen LogP contribution is 2.36. The van der Waals surface area contributed by atoms with E-state index in [-0.39, 0.29) is 12.1 Å². The van der Waals surface area contributed by atoms with Gasteiger partial charge >= 0.3 is 5.97 Å². The smallest absolute Gasteiger partial charge is 0.302 e. The van der Waals surface area contributed by atoms with Crippen LogP contribution in [-0.2, 0) is 16.0 Å². The van der Waals surface area contributed by atoms with E-state index in [1.807, 2.05) is 0 Å². The summed E-state index contributed by atoms with van der Waals surface area (Å²) in [5.74, 6) is 0.812. The Balaban J connectivity index is 1.71. The summed E-state index contributed by atoms with van der Waals surface area (Å²) in [6.45, 7) is 2.74. The van der Waals surface area contributed by atoms with Gasteiger partial charge < -0.3 is 15.6 Å². The fourth-order valence-corrected chi connectivity index (χ4v) is 3.72. The SMILES string of the molecule is CC(=O)OCCCCCc1ccc(C(O)C2CCC(CN)CC2)cc1. The number of hydrogen-bond donors (Lipinski definition) is 2. The second kappa shape index (κ2) is 10.6. The Morgan fingerprint density at radius 3 is 2.44 bits per heavy atom. The molecule has 0 spiro atoms. The summed E-state index contributed by atoms with van der Waals surface area (Å²) < 4.78 is 4.93. The van der Waals surface area contributed by atoms with Crippen LogP contribution in [0, 0.1) is 11.8 Å². The number of carbonyl (C=O) groups excluding carboxylic acids is 1. The number of ether oxygens (including phenoxy) is 1. The van der Waals surface area contributed by atoms with E-state index in [4.69, 9.17) is 10.5 Å². The maximum atomic E-state index is 10.7. The van der Waals surface area contributed by atoms with Crippen molar-refractivity contribution in [3.63, 3.8) is 0 Å². The third-order valence-electron chi connectivity index (χ3n) is 5.41. The summed E-state index contributed by atoms with van der Waals surface area (Å²) in [4.78, 5) is 10.7. The lowest BCUT2D eigenvalue weighted by atomic mass is 9.78. The number of rotatable bonds is 9. The highest BCUT2D eigenvalue weighted by molar-refractivity contribution is 5.65. The molecule has 0 radical (unpaired) electrons. The fourth-order valence-electron chi connectivity index (χ4n) is 3.72. The van der Waals surface area contributed by atoms with Gasteiger partial charge in [-0.25, -0.2) is 0 Å². The molecule has 0 bridgehead atoms. The van der Waals surface area contributed by atoms with E-state index >= 15 is 0 Å². The lowest BCUT2D eigenvalue weighted by molar-refractivity contribution is -0.141. The van der Waals surface area contributed by atoms with E-state index < -0.39 is 0 Å². The average Bonchev–Trinajstić information content (AvgIpc) is 2.64. The molecule has 0 saturated heterocycles. The van der Waals surface area contributed by atoms with Crippen molar-refractivity contribution in [1.29, 1.82) is 0 Å². The van der Waals surface area contributed by atoms with Gasteiger partial charge in [0.2, 0.25) is 0 Å². The summed E-state index contributed by atoms with van der Waals surface area (Å²) in [6, 6.07) is 8.42. The van der Waals surface area contributed by atoms with Crippen molar-refractivity contribution in [3.05, 3.63) is 35.4 Å². The Kier molecular flexibility index (Phi) is 8.42. The van der Waals surface area contributed by atoms with Crippen LogP contribution in [0.2, 0.25) is 0 Å². The Morgan fingerprint density at radius 2 is 1.84 bits per heavy atom. The van der Waals surface area contributed by atoms with Crippen molar-refractivity contribution >= 4 is 5.97 Å². The van der Waals surface area contributed by atoms with Crippen LogP contribution in [0.3, 0.4) is 0 Å². The first-order chi connectivity index (χ1) is 12.1. The molecule has 25 heavy (non-hydrogen) atoms. The second-order valence-corrected chi connectivity index (χ2v) is 7.35. The minimum atomic E-state index is -0.350. The summed E-state index contributed by atoms with van der Waals surface area (Å²) in [5.41, 5.74) is 8.09. The Morgan fingerprint density at radius 1 is 1.16 bits per heavy atom. The predicted molar refractivity (Wildman–Crippen MR) is 100 cm³/mol. The summed E-state index contributed by atoms with van der Waals surface area (Å²) >= 11 is 0. The first-order valence-electron chi connectivity index (χ1n) is 9.70. The normalized spacial score (nSPS) is 21.7. The van der Waals surface area contributed by atoms with Gasteiger partial charge in [-0.15, -0.1) is 0 Å². The van der Waals surface area contributed by atoms with Crippen molar-refractivity contribution in [2.75, 3.05) is 13.2 Å². The van der Waals surface area contributed by atoms with Gasteiger partial charge in [-0.1, -0.05) is 24.3 Å². The molecule has 0 amide bonds. The number of aryl methyl sites for hydroxylation is 1. The first kappa shape index (κ1) is 19.9. The van der Waals surface area contributed by atoms with Gasteiger partial charge in [0.05, 0.1) is 12.7 Å². The van der Waals surface area contributed by atoms with E-state index in [1.54, 1.807) is 0 Å². The third kappa shape index (κ3) is 6.79. The average molecular weight is 347 g/mol. The molecule has 4 nitrogen and oxygen atoms in total. The van der Waals surface area contributed by atoms with Crippen LogP contribution in [0.5, 0.6) is 0 Å². The van der Waals surface area contributed by atoms with Crippen molar-refractivity contribution < 1.29 is 14.6 Å². The molecule has 1 aliphatic rings. The van der Waals surface area contributed by atoms with Gasteiger partial charge in [0.1, 0.15) is 0 Å². The van der Waals surface area contributed by atoms with Crippen LogP contribution < -0.4 is 5.73 Å². The molecule has 1 aliphatic carbocycles. The molecular formula is C21H33NO3. The molecule has 1 aromatic carbocycles. The molecule has 3 N–H and O–H groups in total. The maximum absolute atomic E-state index is 10.7. The molecule has 0 heterocycles. The molecule has 1 saturated carbocycles. The number of aliphatic hydroxyl groups is 1. The molecule has 2 rings (SSSR count). The van der Waals surface area contributed by atoms with E-state index in [9.17, 15) is 9.90 Å². The largest absolute Gasteiger partial charge is 0.466 e. The number of esters is 1. The van der Waals surface area contributed by atoms with E-state index in [1.165, 1.54) is 12.5 Å². The minimum absolute atomic E-state index is 0.203. The van der Waals surface area contributed by atoms with Gasteiger partial charge in [0, 0.05) is 6.92 Å². The monoisotopic (exact) mass is 347 g/mol. The lowest BCUT2D eigenvalue weighted by Crippen LogP contribution is -2.24. The Hall–Kier alpha value is -1.39. The van der Waals surface area contributed by atoms with Gasteiger partial charge in [-0.3, -0.25) is 4.79 Å². The number of carbonyl (C=O) groups is 1. The summed E-state index contributed by atoms with van der Waals surface area (Å²) in [6.07, 6.45) is 8.18. The highest BCUT2D eigenvalue weighted by atomic mass is 16.5. The van der Waals surface area contributed by atoms with Gasteiger partial charge in [-0.2, -0.15) is 0 Å². The summed E-state index contributed by atoms with van der Waals surface area (Å²) in [5, 5.41) is 10.6. The van der Waals surface area contributed by atoms with Crippen molar-refractivity contribution in [2.24, 2.45) is 17.6 Å². The maximum Gasteiger partial charge on any atom is 0.302 e. The van der Waals surface area contributed by atoms with Crippen LogP contribution in [0.25, 0.3) is 0 Å². The van der Waals surface area contributed by atoms with Crippen molar-refractivity contribution in [3.8, 4) is 0 Å². The number of hydrogen-bond acceptors (Lipinski definition) is 4. The zero-order valence-electron chi connectivity index (χ0n) is 15.5.